The van der Waals surface area contributed by atoms with Gasteiger partial charge >= 0.3 is 0 Å². The smallest absolute Gasteiger partial charge is 0.221 e. The Bertz CT molecular complexity index is 393. The van der Waals surface area contributed by atoms with Crippen LogP contribution in [-0.4, -0.2) is 36.9 Å². The average Bonchev–Trinajstić information content (AvgIpc) is 2.42. The lowest BCUT2D eigenvalue weighted by Gasteiger charge is -2.13. The first kappa shape index (κ1) is 16.5. The zero-order valence-electron chi connectivity index (χ0n) is 12.2. The number of carbonyl (C=O) groups is 1. The standard InChI is InChI=1S/C15H24N2O3/c1-3-4-9-20-11-15(19)10-16-13-5-7-14(8-6-13)17-12(2)18/h5-8,15-16,19H,3-4,9-11H2,1-2H3,(H,17,18). The highest BCUT2D eigenvalue weighted by molar-refractivity contribution is 5.88. The van der Waals surface area contributed by atoms with Crippen molar-refractivity contribution in [3.63, 3.8) is 0 Å². The maximum atomic E-state index is 10.9. The van der Waals surface area contributed by atoms with Crippen LogP contribution in [0.1, 0.15) is 26.7 Å². The molecule has 5 nitrogen and oxygen atoms in total. The van der Waals surface area contributed by atoms with Gasteiger partial charge in [-0.3, -0.25) is 4.79 Å². The summed E-state index contributed by atoms with van der Waals surface area (Å²) in [4.78, 5) is 10.9. The third-order valence-corrected chi connectivity index (χ3v) is 2.70. The van der Waals surface area contributed by atoms with Gasteiger partial charge in [0.25, 0.3) is 0 Å². The molecule has 0 aliphatic heterocycles. The first-order valence-electron chi connectivity index (χ1n) is 6.99. The van der Waals surface area contributed by atoms with E-state index in [0.717, 1.165) is 24.2 Å². The molecule has 0 heterocycles. The fourth-order valence-corrected chi connectivity index (χ4v) is 1.64. The van der Waals surface area contributed by atoms with E-state index in [4.69, 9.17) is 4.74 Å². The molecule has 0 aromatic heterocycles. The maximum absolute atomic E-state index is 10.9. The van der Waals surface area contributed by atoms with E-state index in [1.807, 2.05) is 24.3 Å². The lowest BCUT2D eigenvalue weighted by atomic mass is 10.2. The first-order valence-corrected chi connectivity index (χ1v) is 6.99. The van der Waals surface area contributed by atoms with Crippen LogP contribution >= 0.6 is 0 Å². The Labute approximate surface area is 120 Å². The van der Waals surface area contributed by atoms with Crippen LogP contribution in [0.25, 0.3) is 0 Å². The third kappa shape index (κ3) is 7.11. The van der Waals surface area contributed by atoms with Crippen LogP contribution in [0, 0.1) is 0 Å². The Morgan fingerprint density at radius 3 is 2.55 bits per heavy atom. The van der Waals surface area contributed by atoms with E-state index in [0.29, 0.717) is 19.8 Å². The van der Waals surface area contributed by atoms with Crippen LogP contribution in [-0.2, 0) is 9.53 Å². The van der Waals surface area contributed by atoms with Crippen LogP contribution in [0.15, 0.2) is 24.3 Å². The molecular formula is C15H24N2O3. The molecule has 0 bridgehead atoms. The first-order chi connectivity index (χ1) is 9.61. The fraction of sp³-hybridized carbons (Fsp3) is 0.533. The number of hydrogen-bond donors (Lipinski definition) is 3. The van der Waals surface area contributed by atoms with Crippen LogP contribution in [0.2, 0.25) is 0 Å². The van der Waals surface area contributed by atoms with Crippen molar-refractivity contribution >= 4 is 17.3 Å². The molecule has 0 fully saturated rings. The third-order valence-electron chi connectivity index (χ3n) is 2.70. The number of rotatable bonds is 9. The van der Waals surface area contributed by atoms with Crippen molar-refractivity contribution in [2.45, 2.75) is 32.8 Å². The van der Waals surface area contributed by atoms with Crippen molar-refractivity contribution in [3.8, 4) is 0 Å². The Kier molecular flexibility index (Phi) is 7.69. The number of benzene rings is 1. The van der Waals surface area contributed by atoms with Gasteiger partial charge in [0.05, 0.1) is 12.7 Å². The van der Waals surface area contributed by atoms with Gasteiger partial charge < -0.3 is 20.5 Å². The highest BCUT2D eigenvalue weighted by Crippen LogP contribution is 2.13. The number of ether oxygens (including phenoxy) is 1. The second-order valence-corrected chi connectivity index (χ2v) is 4.72. The SMILES string of the molecule is CCCCOCC(O)CNc1ccc(NC(C)=O)cc1. The summed E-state index contributed by atoms with van der Waals surface area (Å²) in [6.45, 7) is 5.05. The minimum Gasteiger partial charge on any atom is -0.389 e. The minimum atomic E-state index is -0.526. The zero-order chi connectivity index (χ0) is 14.8. The highest BCUT2D eigenvalue weighted by Gasteiger charge is 2.04. The van der Waals surface area contributed by atoms with Crippen LogP contribution in [0.4, 0.5) is 11.4 Å². The van der Waals surface area contributed by atoms with Gasteiger partial charge in [-0.25, -0.2) is 0 Å². The van der Waals surface area contributed by atoms with E-state index in [-0.39, 0.29) is 5.91 Å². The summed E-state index contributed by atoms with van der Waals surface area (Å²) in [6.07, 6.45) is 1.58. The molecule has 0 radical (unpaired) electrons. The lowest BCUT2D eigenvalue weighted by molar-refractivity contribution is -0.114. The number of aliphatic hydroxyl groups is 1. The number of unbranched alkanes of at least 4 members (excludes halogenated alkanes) is 1. The van der Waals surface area contributed by atoms with Crippen molar-refractivity contribution in [2.24, 2.45) is 0 Å². The summed E-state index contributed by atoms with van der Waals surface area (Å²) >= 11 is 0. The minimum absolute atomic E-state index is 0.0923. The normalized spacial score (nSPS) is 11.9. The molecule has 1 atom stereocenters. The molecule has 20 heavy (non-hydrogen) atoms. The van der Waals surface area contributed by atoms with Gasteiger partial charge in [-0.2, -0.15) is 0 Å². The molecule has 1 aromatic carbocycles. The summed E-state index contributed by atoms with van der Waals surface area (Å²) in [5.74, 6) is -0.0923. The van der Waals surface area contributed by atoms with Gasteiger partial charge in [0.2, 0.25) is 5.91 Å². The van der Waals surface area contributed by atoms with E-state index >= 15 is 0 Å². The Balaban J connectivity index is 2.25. The molecule has 112 valence electrons. The number of hydrogen-bond acceptors (Lipinski definition) is 4. The molecule has 1 aromatic rings. The molecule has 0 saturated carbocycles. The number of aliphatic hydroxyl groups excluding tert-OH is 1. The van der Waals surface area contributed by atoms with E-state index in [2.05, 4.69) is 17.6 Å². The van der Waals surface area contributed by atoms with E-state index in [9.17, 15) is 9.90 Å². The average molecular weight is 280 g/mol. The monoisotopic (exact) mass is 280 g/mol. The van der Waals surface area contributed by atoms with Crippen molar-refractivity contribution in [1.82, 2.24) is 0 Å². The number of carbonyl (C=O) groups excluding carboxylic acids is 1. The Hall–Kier alpha value is -1.59. The van der Waals surface area contributed by atoms with Gasteiger partial charge in [0.1, 0.15) is 0 Å². The second-order valence-electron chi connectivity index (χ2n) is 4.72. The highest BCUT2D eigenvalue weighted by atomic mass is 16.5. The maximum Gasteiger partial charge on any atom is 0.221 e. The largest absolute Gasteiger partial charge is 0.389 e. The molecule has 5 heteroatoms. The number of anilines is 2. The van der Waals surface area contributed by atoms with Crippen molar-refractivity contribution < 1.29 is 14.6 Å². The molecule has 0 aliphatic rings. The van der Waals surface area contributed by atoms with E-state index < -0.39 is 6.10 Å². The van der Waals surface area contributed by atoms with Gasteiger partial charge in [0, 0.05) is 31.5 Å². The van der Waals surface area contributed by atoms with Gasteiger partial charge in [-0.15, -0.1) is 0 Å². The summed E-state index contributed by atoms with van der Waals surface area (Å²) in [6, 6.07) is 7.34. The number of amides is 1. The van der Waals surface area contributed by atoms with Crippen LogP contribution < -0.4 is 10.6 Å². The predicted molar refractivity (Wildman–Crippen MR) is 81.0 cm³/mol. The van der Waals surface area contributed by atoms with E-state index in [1.165, 1.54) is 6.92 Å². The molecule has 0 saturated heterocycles. The Morgan fingerprint density at radius 1 is 1.30 bits per heavy atom. The quantitative estimate of drug-likeness (QED) is 0.607. The molecular weight excluding hydrogens is 256 g/mol. The fourth-order valence-electron chi connectivity index (χ4n) is 1.64. The van der Waals surface area contributed by atoms with Crippen molar-refractivity contribution in [1.29, 1.82) is 0 Å². The van der Waals surface area contributed by atoms with Crippen molar-refractivity contribution in [2.75, 3.05) is 30.4 Å². The molecule has 3 N–H and O–H groups in total. The molecule has 1 unspecified atom stereocenters. The van der Waals surface area contributed by atoms with Gasteiger partial charge in [-0.05, 0) is 30.7 Å². The second kappa shape index (κ2) is 9.34. The van der Waals surface area contributed by atoms with Crippen LogP contribution in [0.3, 0.4) is 0 Å². The summed E-state index contributed by atoms with van der Waals surface area (Å²) in [5.41, 5.74) is 1.65. The lowest BCUT2D eigenvalue weighted by Crippen LogP contribution is -2.25. The summed E-state index contributed by atoms with van der Waals surface area (Å²) in [5, 5.41) is 15.6. The topological polar surface area (TPSA) is 70.6 Å². The summed E-state index contributed by atoms with van der Waals surface area (Å²) in [7, 11) is 0. The zero-order valence-corrected chi connectivity index (χ0v) is 12.2. The number of nitrogens with one attached hydrogen (secondary N) is 2. The van der Waals surface area contributed by atoms with Gasteiger partial charge in [0.15, 0.2) is 0 Å². The van der Waals surface area contributed by atoms with E-state index in [1.54, 1.807) is 0 Å². The van der Waals surface area contributed by atoms with Gasteiger partial charge in [-0.1, -0.05) is 13.3 Å². The summed E-state index contributed by atoms with van der Waals surface area (Å²) < 4.78 is 5.35. The molecule has 1 amide bonds. The molecule has 0 spiro atoms. The van der Waals surface area contributed by atoms with Crippen molar-refractivity contribution in [3.05, 3.63) is 24.3 Å². The predicted octanol–water partition coefficient (Wildman–Crippen LogP) is 2.23. The molecule has 1 rings (SSSR count). The Morgan fingerprint density at radius 2 is 1.95 bits per heavy atom. The molecule has 0 aliphatic carbocycles. The van der Waals surface area contributed by atoms with Crippen LogP contribution in [0.5, 0.6) is 0 Å².